The maximum Gasteiger partial charge on any atom is 0.247 e. The molecule has 6 nitrogen and oxygen atoms in total. The predicted molar refractivity (Wildman–Crippen MR) is 107 cm³/mol. The lowest BCUT2D eigenvalue weighted by Crippen LogP contribution is -2.01. The van der Waals surface area contributed by atoms with E-state index in [0.717, 1.165) is 24.4 Å². The summed E-state index contributed by atoms with van der Waals surface area (Å²) >= 11 is 1.48. The molecule has 1 aliphatic carbocycles. The Kier molecular flexibility index (Phi) is 4.63. The summed E-state index contributed by atoms with van der Waals surface area (Å²) < 4.78 is 20.8. The van der Waals surface area contributed by atoms with Crippen LogP contribution in [0.15, 0.2) is 64.2 Å². The highest BCUT2D eigenvalue weighted by atomic mass is 32.2. The fraction of sp³-hybridized carbons (Fsp3) is 0.238. The number of aromatic nitrogens is 5. The molecule has 1 saturated carbocycles. The van der Waals surface area contributed by atoms with Crippen molar-refractivity contribution in [3.63, 3.8) is 0 Å². The summed E-state index contributed by atoms with van der Waals surface area (Å²) in [6.45, 7) is 1.98. The lowest BCUT2D eigenvalue weighted by molar-refractivity contribution is 0.509. The molecule has 0 bridgehead atoms. The highest BCUT2D eigenvalue weighted by Crippen LogP contribution is 2.41. The minimum atomic E-state index is -0.302. The second-order valence-electron chi connectivity index (χ2n) is 6.99. The molecular weight excluding hydrogens is 389 g/mol. The van der Waals surface area contributed by atoms with Crippen molar-refractivity contribution in [2.45, 2.75) is 36.1 Å². The Bertz CT molecular complexity index is 1120. The zero-order valence-corrected chi connectivity index (χ0v) is 16.5. The smallest absolute Gasteiger partial charge is 0.247 e. The number of rotatable bonds is 6. The summed E-state index contributed by atoms with van der Waals surface area (Å²) in [5.41, 5.74) is 1.70. The highest BCUT2D eigenvalue weighted by molar-refractivity contribution is 7.99. The largest absolute Gasteiger partial charge is 0.419 e. The minimum Gasteiger partial charge on any atom is -0.419 e. The van der Waals surface area contributed by atoms with Gasteiger partial charge in [0.25, 0.3) is 0 Å². The molecule has 1 unspecified atom stereocenters. The number of para-hydroxylation sites is 1. The van der Waals surface area contributed by atoms with Gasteiger partial charge in [-0.15, -0.1) is 15.3 Å². The molecule has 2 aromatic carbocycles. The Balaban J connectivity index is 1.37. The number of hydrogen-bond donors (Lipinski definition) is 0. The van der Waals surface area contributed by atoms with E-state index in [2.05, 4.69) is 10.2 Å². The lowest BCUT2D eigenvalue weighted by atomic mass is 10.2. The van der Waals surface area contributed by atoms with Gasteiger partial charge >= 0.3 is 0 Å². The Morgan fingerprint density at radius 1 is 1.07 bits per heavy atom. The molecule has 2 heterocycles. The van der Waals surface area contributed by atoms with Gasteiger partial charge in [0.15, 0.2) is 0 Å². The SMILES string of the molecule is CC(Sc1nc(C2CC2)n(-c2ccccc2)n1)c1nnc(-c2ccc(F)cc2)o1. The van der Waals surface area contributed by atoms with Crippen molar-refractivity contribution >= 4 is 11.8 Å². The van der Waals surface area contributed by atoms with Crippen LogP contribution < -0.4 is 0 Å². The zero-order chi connectivity index (χ0) is 19.8. The van der Waals surface area contributed by atoms with Gasteiger partial charge in [-0.2, -0.15) is 0 Å². The molecule has 1 atom stereocenters. The van der Waals surface area contributed by atoms with E-state index in [1.54, 1.807) is 12.1 Å². The second kappa shape index (κ2) is 7.44. The third kappa shape index (κ3) is 3.80. The molecule has 2 aromatic heterocycles. The molecule has 4 aromatic rings. The number of hydrogen-bond acceptors (Lipinski definition) is 6. The molecule has 146 valence electrons. The van der Waals surface area contributed by atoms with Crippen LogP contribution in [0.4, 0.5) is 4.39 Å². The first-order chi connectivity index (χ1) is 14.2. The van der Waals surface area contributed by atoms with Gasteiger partial charge in [0, 0.05) is 11.5 Å². The van der Waals surface area contributed by atoms with Crippen LogP contribution in [0.2, 0.25) is 0 Å². The normalized spacial score (nSPS) is 14.8. The standard InChI is InChI=1S/C21H18FN5OS/c1-13(19-24-25-20(28-19)15-9-11-16(22)12-10-15)29-21-23-18(14-7-8-14)27(26-21)17-5-3-2-4-6-17/h2-6,9-14H,7-8H2,1H3. The summed E-state index contributed by atoms with van der Waals surface area (Å²) in [7, 11) is 0. The molecule has 0 amide bonds. The molecule has 5 rings (SSSR count). The maximum atomic E-state index is 13.1. The molecule has 0 N–H and O–H groups in total. The van der Waals surface area contributed by atoms with Gasteiger partial charge in [-0.1, -0.05) is 30.0 Å². The second-order valence-corrected chi connectivity index (χ2v) is 8.29. The quantitative estimate of drug-likeness (QED) is 0.410. The summed E-state index contributed by atoms with van der Waals surface area (Å²) in [5.74, 6) is 2.03. The Morgan fingerprint density at radius 2 is 1.83 bits per heavy atom. The first kappa shape index (κ1) is 18.1. The van der Waals surface area contributed by atoms with E-state index in [9.17, 15) is 4.39 Å². The topological polar surface area (TPSA) is 69.6 Å². The van der Waals surface area contributed by atoms with Crippen molar-refractivity contribution in [2.24, 2.45) is 0 Å². The fourth-order valence-electron chi connectivity index (χ4n) is 3.04. The van der Waals surface area contributed by atoms with Crippen LogP contribution in [0, 0.1) is 5.82 Å². The zero-order valence-electron chi connectivity index (χ0n) is 15.7. The van der Waals surface area contributed by atoms with Gasteiger partial charge in [0.1, 0.15) is 11.6 Å². The summed E-state index contributed by atoms with van der Waals surface area (Å²) in [6.07, 6.45) is 2.30. The van der Waals surface area contributed by atoms with Crippen LogP contribution in [0.3, 0.4) is 0 Å². The predicted octanol–water partition coefficient (Wildman–Crippen LogP) is 5.19. The van der Waals surface area contributed by atoms with Gasteiger partial charge in [0.2, 0.25) is 16.9 Å². The van der Waals surface area contributed by atoms with Crippen LogP contribution in [0.1, 0.15) is 42.6 Å². The van der Waals surface area contributed by atoms with Crippen LogP contribution >= 0.6 is 11.8 Å². The fourth-order valence-corrected chi connectivity index (χ4v) is 3.82. The Morgan fingerprint density at radius 3 is 2.55 bits per heavy atom. The van der Waals surface area contributed by atoms with Crippen molar-refractivity contribution in [3.8, 4) is 17.1 Å². The van der Waals surface area contributed by atoms with Gasteiger partial charge in [-0.05, 0) is 56.2 Å². The van der Waals surface area contributed by atoms with Crippen molar-refractivity contribution in [1.82, 2.24) is 25.0 Å². The average Bonchev–Trinajstić information content (AvgIpc) is 3.31. The third-order valence-electron chi connectivity index (χ3n) is 4.72. The van der Waals surface area contributed by atoms with E-state index in [1.807, 2.05) is 41.9 Å². The van der Waals surface area contributed by atoms with Gasteiger partial charge < -0.3 is 4.42 Å². The minimum absolute atomic E-state index is 0.115. The van der Waals surface area contributed by atoms with Crippen LogP contribution in [0.25, 0.3) is 17.1 Å². The van der Waals surface area contributed by atoms with Crippen molar-refractivity contribution in [1.29, 1.82) is 0 Å². The molecule has 1 fully saturated rings. The van der Waals surface area contributed by atoms with Gasteiger partial charge in [0.05, 0.1) is 10.9 Å². The summed E-state index contributed by atoms with van der Waals surface area (Å²) in [6, 6.07) is 16.0. The van der Waals surface area contributed by atoms with Crippen molar-refractivity contribution in [3.05, 3.63) is 72.1 Å². The summed E-state index contributed by atoms with van der Waals surface area (Å²) in [5, 5.41) is 13.5. The number of halogens is 1. The molecule has 29 heavy (non-hydrogen) atoms. The highest BCUT2D eigenvalue weighted by Gasteiger charge is 2.31. The van der Waals surface area contributed by atoms with E-state index in [0.29, 0.717) is 28.4 Å². The van der Waals surface area contributed by atoms with E-state index < -0.39 is 0 Å². The van der Waals surface area contributed by atoms with Gasteiger partial charge in [-0.25, -0.2) is 14.1 Å². The van der Waals surface area contributed by atoms with Crippen molar-refractivity contribution < 1.29 is 8.81 Å². The first-order valence-corrected chi connectivity index (χ1v) is 10.3. The summed E-state index contributed by atoms with van der Waals surface area (Å²) in [4.78, 5) is 4.77. The molecule has 1 aliphatic rings. The monoisotopic (exact) mass is 407 g/mol. The molecule has 0 radical (unpaired) electrons. The Hall–Kier alpha value is -3.00. The Labute approximate surface area is 171 Å². The van der Waals surface area contributed by atoms with E-state index in [-0.39, 0.29) is 11.1 Å². The first-order valence-electron chi connectivity index (χ1n) is 9.46. The van der Waals surface area contributed by atoms with Crippen LogP contribution in [-0.2, 0) is 0 Å². The molecule has 0 aliphatic heterocycles. The van der Waals surface area contributed by atoms with Crippen LogP contribution in [0.5, 0.6) is 0 Å². The van der Waals surface area contributed by atoms with E-state index >= 15 is 0 Å². The maximum absolute atomic E-state index is 13.1. The third-order valence-corrected chi connectivity index (χ3v) is 5.66. The molecule has 8 heteroatoms. The van der Waals surface area contributed by atoms with Crippen molar-refractivity contribution in [2.75, 3.05) is 0 Å². The molecule has 0 spiro atoms. The number of nitrogens with zero attached hydrogens (tertiary/aromatic N) is 5. The van der Waals surface area contributed by atoms with E-state index in [1.165, 1.54) is 23.9 Å². The lowest BCUT2D eigenvalue weighted by Gasteiger charge is -2.04. The number of benzene rings is 2. The average molecular weight is 407 g/mol. The molecule has 0 saturated heterocycles. The van der Waals surface area contributed by atoms with Crippen LogP contribution in [-0.4, -0.2) is 25.0 Å². The molecular formula is C21H18FN5OS. The number of thioether (sulfide) groups is 1. The van der Waals surface area contributed by atoms with E-state index in [4.69, 9.17) is 14.5 Å². The van der Waals surface area contributed by atoms with Gasteiger partial charge in [-0.3, -0.25) is 0 Å².